The van der Waals surface area contributed by atoms with Gasteiger partial charge in [0, 0.05) is 24.9 Å². The first-order chi connectivity index (χ1) is 6.25. The maximum absolute atomic E-state index is 11.2. The van der Waals surface area contributed by atoms with Crippen LogP contribution < -0.4 is 4.90 Å². The highest BCUT2D eigenvalue weighted by Gasteiger charge is 2.08. The second kappa shape index (κ2) is 4.92. The lowest BCUT2D eigenvalue weighted by molar-refractivity contribution is -0.116. The summed E-state index contributed by atoms with van der Waals surface area (Å²) >= 11 is 4.11. The van der Waals surface area contributed by atoms with E-state index in [1.54, 1.807) is 11.8 Å². The van der Waals surface area contributed by atoms with E-state index in [0.29, 0.717) is 12.3 Å². The molecular weight excluding hydrogens is 182 g/mol. The number of thiol groups is 1. The zero-order chi connectivity index (χ0) is 9.68. The van der Waals surface area contributed by atoms with Gasteiger partial charge in [0.1, 0.15) is 0 Å². The van der Waals surface area contributed by atoms with Gasteiger partial charge in [0.25, 0.3) is 0 Å². The molecule has 0 aromatic heterocycles. The zero-order valence-electron chi connectivity index (χ0n) is 7.60. The van der Waals surface area contributed by atoms with Crippen LogP contribution >= 0.6 is 12.6 Å². The smallest absolute Gasteiger partial charge is 0.223 e. The van der Waals surface area contributed by atoms with Crippen LogP contribution in [0.1, 0.15) is 6.92 Å². The molecule has 0 unspecified atom stereocenters. The highest BCUT2D eigenvalue weighted by molar-refractivity contribution is 7.80. The highest BCUT2D eigenvalue weighted by Crippen LogP contribution is 2.12. The summed E-state index contributed by atoms with van der Waals surface area (Å²) in [4.78, 5) is 12.9. The molecule has 0 aliphatic carbocycles. The largest absolute Gasteiger partial charge is 0.312 e. The predicted molar refractivity (Wildman–Crippen MR) is 58.3 cm³/mol. The van der Waals surface area contributed by atoms with E-state index >= 15 is 0 Å². The van der Waals surface area contributed by atoms with Gasteiger partial charge in [-0.2, -0.15) is 12.6 Å². The molecule has 0 N–H and O–H groups in total. The quantitative estimate of drug-likeness (QED) is 0.731. The van der Waals surface area contributed by atoms with Gasteiger partial charge in [-0.15, -0.1) is 0 Å². The second-order valence-electron chi connectivity index (χ2n) is 2.73. The number of carbonyl (C=O) groups excluding carboxylic acids is 1. The Kier molecular flexibility index (Phi) is 3.83. The summed E-state index contributed by atoms with van der Waals surface area (Å²) in [5, 5.41) is 0. The van der Waals surface area contributed by atoms with Crippen molar-refractivity contribution in [3.63, 3.8) is 0 Å². The maximum atomic E-state index is 11.2. The van der Waals surface area contributed by atoms with Gasteiger partial charge < -0.3 is 4.90 Å². The van der Waals surface area contributed by atoms with Crippen LogP contribution in [0.5, 0.6) is 0 Å². The van der Waals surface area contributed by atoms with Crippen LogP contribution in [0.2, 0.25) is 0 Å². The molecule has 1 aromatic rings. The Hall–Kier alpha value is -0.960. The van der Waals surface area contributed by atoms with E-state index in [1.165, 1.54) is 0 Å². The molecule has 1 aromatic carbocycles. The first kappa shape index (κ1) is 10.1. The van der Waals surface area contributed by atoms with E-state index in [1.807, 2.05) is 30.3 Å². The van der Waals surface area contributed by atoms with Crippen molar-refractivity contribution in [3.05, 3.63) is 30.3 Å². The average molecular weight is 195 g/mol. The van der Waals surface area contributed by atoms with Crippen molar-refractivity contribution in [3.8, 4) is 0 Å². The summed E-state index contributed by atoms with van der Waals surface area (Å²) in [5.74, 6) is 0.731. The molecule has 1 rings (SSSR count). The standard InChI is InChI=1S/C10H13NOS/c1-9(12)11(7-8-13)10-5-3-2-4-6-10/h2-6,13H,7-8H2,1H3. The molecule has 3 heteroatoms. The van der Waals surface area contributed by atoms with Gasteiger partial charge in [0.2, 0.25) is 5.91 Å². The summed E-state index contributed by atoms with van der Waals surface area (Å²) in [6.07, 6.45) is 0. The molecule has 0 heterocycles. The zero-order valence-corrected chi connectivity index (χ0v) is 8.50. The third-order valence-corrected chi connectivity index (χ3v) is 1.97. The maximum Gasteiger partial charge on any atom is 0.223 e. The lowest BCUT2D eigenvalue weighted by Crippen LogP contribution is -2.30. The van der Waals surface area contributed by atoms with Gasteiger partial charge in [-0.3, -0.25) is 4.79 Å². The number of rotatable bonds is 3. The molecule has 2 nitrogen and oxygen atoms in total. The van der Waals surface area contributed by atoms with Gasteiger partial charge in [0.15, 0.2) is 0 Å². The van der Waals surface area contributed by atoms with Crippen LogP contribution in [0.4, 0.5) is 5.69 Å². The summed E-state index contributed by atoms with van der Waals surface area (Å²) in [6, 6.07) is 9.62. The van der Waals surface area contributed by atoms with E-state index in [2.05, 4.69) is 12.6 Å². The molecule has 0 aliphatic heterocycles. The van der Waals surface area contributed by atoms with Crippen LogP contribution in [0.3, 0.4) is 0 Å². The number of carbonyl (C=O) groups is 1. The van der Waals surface area contributed by atoms with Crippen molar-refractivity contribution in [1.82, 2.24) is 0 Å². The highest BCUT2D eigenvalue weighted by atomic mass is 32.1. The number of hydrogen-bond donors (Lipinski definition) is 1. The van der Waals surface area contributed by atoms with Crippen molar-refractivity contribution in [1.29, 1.82) is 0 Å². The van der Waals surface area contributed by atoms with E-state index < -0.39 is 0 Å². The number of nitrogens with zero attached hydrogens (tertiary/aromatic N) is 1. The predicted octanol–water partition coefficient (Wildman–Crippen LogP) is 1.97. The third kappa shape index (κ3) is 2.77. The third-order valence-electron chi connectivity index (χ3n) is 1.77. The molecule has 1 amide bonds. The van der Waals surface area contributed by atoms with Gasteiger partial charge in [-0.25, -0.2) is 0 Å². The lowest BCUT2D eigenvalue weighted by atomic mass is 10.3. The van der Waals surface area contributed by atoms with Crippen LogP contribution in [-0.2, 0) is 4.79 Å². The van der Waals surface area contributed by atoms with Crippen molar-refractivity contribution in [2.24, 2.45) is 0 Å². The van der Waals surface area contributed by atoms with Gasteiger partial charge >= 0.3 is 0 Å². The molecule has 0 aliphatic rings. The number of benzene rings is 1. The molecule has 0 atom stereocenters. The molecular formula is C10H13NOS. The van der Waals surface area contributed by atoms with Gasteiger partial charge in [0.05, 0.1) is 0 Å². The van der Waals surface area contributed by atoms with Crippen LogP contribution in [0.25, 0.3) is 0 Å². The molecule has 0 saturated heterocycles. The normalized spacial score (nSPS) is 9.69. The fourth-order valence-electron chi connectivity index (χ4n) is 1.18. The van der Waals surface area contributed by atoms with E-state index in [9.17, 15) is 4.79 Å². The molecule has 70 valence electrons. The molecule has 0 saturated carbocycles. The number of para-hydroxylation sites is 1. The Bertz CT molecular complexity index is 274. The molecule has 0 radical (unpaired) electrons. The minimum Gasteiger partial charge on any atom is -0.312 e. The minimum absolute atomic E-state index is 0.0558. The molecule has 0 spiro atoms. The monoisotopic (exact) mass is 195 g/mol. The van der Waals surface area contributed by atoms with E-state index in [0.717, 1.165) is 5.69 Å². The summed E-state index contributed by atoms with van der Waals surface area (Å²) in [7, 11) is 0. The summed E-state index contributed by atoms with van der Waals surface area (Å²) in [5.41, 5.74) is 0.934. The van der Waals surface area contributed by atoms with E-state index in [-0.39, 0.29) is 5.91 Å². The molecule has 0 fully saturated rings. The Balaban J connectivity index is 2.82. The first-order valence-corrected chi connectivity index (χ1v) is 4.83. The molecule has 13 heavy (non-hydrogen) atoms. The van der Waals surface area contributed by atoms with Gasteiger partial charge in [-0.05, 0) is 12.1 Å². The number of hydrogen-bond acceptors (Lipinski definition) is 2. The Labute approximate surface area is 84.0 Å². The van der Waals surface area contributed by atoms with Crippen molar-refractivity contribution in [2.75, 3.05) is 17.2 Å². The Morgan fingerprint density at radius 3 is 2.46 bits per heavy atom. The number of amides is 1. The first-order valence-electron chi connectivity index (χ1n) is 4.19. The summed E-state index contributed by atoms with van der Waals surface area (Å²) < 4.78 is 0. The SMILES string of the molecule is CC(=O)N(CCS)c1ccccc1. The lowest BCUT2D eigenvalue weighted by Gasteiger charge is -2.19. The fourth-order valence-corrected chi connectivity index (χ4v) is 1.38. The van der Waals surface area contributed by atoms with Crippen LogP contribution in [0, 0.1) is 0 Å². The van der Waals surface area contributed by atoms with Gasteiger partial charge in [-0.1, -0.05) is 18.2 Å². The summed E-state index contributed by atoms with van der Waals surface area (Å²) in [6.45, 7) is 2.22. The molecule has 0 bridgehead atoms. The van der Waals surface area contributed by atoms with Crippen molar-refractivity contribution in [2.45, 2.75) is 6.92 Å². The van der Waals surface area contributed by atoms with Crippen LogP contribution in [-0.4, -0.2) is 18.2 Å². The van der Waals surface area contributed by atoms with Crippen molar-refractivity contribution >= 4 is 24.2 Å². The average Bonchev–Trinajstić information content (AvgIpc) is 2.15. The van der Waals surface area contributed by atoms with Crippen molar-refractivity contribution < 1.29 is 4.79 Å². The topological polar surface area (TPSA) is 20.3 Å². The Morgan fingerprint density at radius 2 is 2.00 bits per heavy atom. The van der Waals surface area contributed by atoms with E-state index in [4.69, 9.17) is 0 Å². The Morgan fingerprint density at radius 1 is 1.38 bits per heavy atom. The number of anilines is 1. The minimum atomic E-state index is 0.0558. The fraction of sp³-hybridized carbons (Fsp3) is 0.300. The second-order valence-corrected chi connectivity index (χ2v) is 3.18. The van der Waals surface area contributed by atoms with Crippen LogP contribution in [0.15, 0.2) is 30.3 Å².